The number of benzene rings is 1. The molecule has 0 N–H and O–H groups in total. The van der Waals surface area contributed by atoms with Gasteiger partial charge < -0.3 is 10.1 Å². The van der Waals surface area contributed by atoms with E-state index >= 15 is 0 Å². The van der Waals surface area contributed by atoms with Crippen LogP contribution < -0.4 is 0 Å². The molecule has 2 aromatic rings. The molecule has 0 radical (unpaired) electrons. The van der Waals surface area contributed by atoms with E-state index in [-0.39, 0.29) is 17.3 Å². The summed E-state index contributed by atoms with van der Waals surface area (Å²) in [5, 5.41) is 19.8. The number of hydrogen-bond acceptors (Lipinski definition) is 5. The number of allylic oxidation sites excluding steroid dienone is 1. The van der Waals surface area contributed by atoms with Crippen molar-refractivity contribution in [2.45, 2.75) is 13.8 Å². The fourth-order valence-corrected chi connectivity index (χ4v) is 1.99. The van der Waals surface area contributed by atoms with Crippen molar-refractivity contribution in [2.75, 3.05) is 0 Å². The first-order valence-corrected chi connectivity index (χ1v) is 6.36. The van der Waals surface area contributed by atoms with Gasteiger partial charge in [0.05, 0.1) is 11.6 Å². The summed E-state index contributed by atoms with van der Waals surface area (Å²) in [4.78, 5) is 26.3. The molecule has 0 unspecified atom stereocenters. The maximum atomic E-state index is 11.9. The topological polar surface area (TPSA) is 102 Å². The maximum Gasteiger partial charge on any atom is 0.348 e. The second kappa shape index (κ2) is 6.01. The van der Waals surface area contributed by atoms with Crippen LogP contribution in [0.1, 0.15) is 23.9 Å². The van der Waals surface area contributed by atoms with Crippen molar-refractivity contribution < 1.29 is 9.72 Å². The van der Waals surface area contributed by atoms with Crippen molar-refractivity contribution in [3.63, 3.8) is 0 Å². The van der Waals surface area contributed by atoms with Gasteiger partial charge in [0.2, 0.25) is 0 Å². The van der Waals surface area contributed by atoms with E-state index in [0.717, 1.165) is 6.20 Å². The van der Waals surface area contributed by atoms with Crippen LogP contribution in [0.4, 0.5) is 5.82 Å². The maximum absolute atomic E-state index is 11.9. The fourth-order valence-electron chi connectivity index (χ4n) is 1.99. The van der Waals surface area contributed by atoms with E-state index in [1.165, 1.54) is 17.6 Å². The minimum Gasteiger partial charge on any atom is -0.358 e. The number of ketones is 1. The van der Waals surface area contributed by atoms with Crippen LogP contribution in [-0.2, 0) is 4.79 Å². The molecule has 0 aliphatic rings. The Balaban J connectivity index is 2.58. The van der Waals surface area contributed by atoms with E-state index in [9.17, 15) is 14.9 Å². The molecule has 7 heteroatoms. The summed E-state index contributed by atoms with van der Waals surface area (Å²) < 4.78 is 1.21. The van der Waals surface area contributed by atoms with Gasteiger partial charge in [0.15, 0.2) is 17.3 Å². The van der Waals surface area contributed by atoms with Crippen LogP contribution in [0.2, 0.25) is 0 Å². The highest BCUT2D eigenvalue weighted by molar-refractivity contribution is 6.19. The second-order valence-corrected chi connectivity index (χ2v) is 4.58. The zero-order chi connectivity index (χ0) is 16.3. The molecule has 0 bridgehead atoms. The average molecular weight is 296 g/mol. The molecule has 0 spiro atoms. The van der Waals surface area contributed by atoms with Crippen molar-refractivity contribution in [2.24, 2.45) is 0 Å². The van der Waals surface area contributed by atoms with Gasteiger partial charge in [-0.05, 0) is 28.7 Å². The number of rotatable bonds is 4. The first-order valence-electron chi connectivity index (χ1n) is 6.36. The minimum absolute atomic E-state index is 0.145. The van der Waals surface area contributed by atoms with Crippen LogP contribution in [0.15, 0.2) is 30.5 Å². The zero-order valence-corrected chi connectivity index (χ0v) is 12.0. The molecule has 0 fully saturated rings. The molecule has 1 aromatic heterocycles. The Hall–Kier alpha value is -3.27. The Bertz CT molecular complexity index is 810. The summed E-state index contributed by atoms with van der Waals surface area (Å²) in [6.45, 7) is 2.92. The molecule has 0 saturated carbocycles. The molecule has 0 aliphatic carbocycles. The Kier molecular flexibility index (Phi) is 4.13. The molecular weight excluding hydrogens is 284 g/mol. The smallest absolute Gasteiger partial charge is 0.348 e. The lowest BCUT2D eigenvalue weighted by atomic mass is 10.1. The summed E-state index contributed by atoms with van der Waals surface area (Å²) in [6.07, 6.45) is 2.65. The number of nitrogens with zero attached hydrogens (tertiary/aromatic N) is 4. The van der Waals surface area contributed by atoms with Crippen LogP contribution in [0.3, 0.4) is 0 Å². The lowest BCUT2D eigenvalue weighted by Crippen LogP contribution is -2.10. The molecule has 1 aromatic carbocycles. The molecule has 2 rings (SSSR count). The number of imidazole rings is 1. The molecule has 0 aliphatic heterocycles. The lowest BCUT2D eigenvalue weighted by molar-refractivity contribution is -0.390. The number of carbonyl (C=O) groups excluding carboxylic acids is 1. The van der Waals surface area contributed by atoms with Crippen molar-refractivity contribution in [1.82, 2.24) is 9.55 Å². The molecule has 1 heterocycles. The third-order valence-corrected chi connectivity index (χ3v) is 3.05. The van der Waals surface area contributed by atoms with E-state index in [1.807, 2.05) is 6.07 Å². The number of nitriles is 1. The van der Waals surface area contributed by atoms with E-state index in [0.29, 0.717) is 17.0 Å². The van der Waals surface area contributed by atoms with Crippen LogP contribution in [0, 0.1) is 28.4 Å². The Morgan fingerprint density at radius 1 is 1.41 bits per heavy atom. The van der Waals surface area contributed by atoms with Crippen molar-refractivity contribution in [3.05, 3.63) is 57.5 Å². The molecule has 0 amide bonds. The highest BCUT2D eigenvalue weighted by atomic mass is 16.6. The van der Waals surface area contributed by atoms with Crippen LogP contribution in [0.25, 0.3) is 11.8 Å². The number of nitro groups is 1. The third-order valence-electron chi connectivity index (χ3n) is 3.05. The highest BCUT2D eigenvalue weighted by Crippen LogP contribution is 2.22. The summed E-state index contributed by atoms with van der Waals surface area (Å²) in [5.74, 6) is -0.247. The van der Waals surface area contributed by atoms with E-state index in [1.54, 1.807) is 31.2 Å². The Morgan fingerprint density at radius 2 is 2.05 bits per heavy atom. The predicted molar refractivity (Wildman–Crippen MR) is 79.6 cm³/mol. The lowest BCUT2D eigenvalue weighted by Gasteiger charge is -2.04. The van der Waals surface area contributed by atoms with Gasteiger partial charge in [0.25, 0.3) is 0 Å². The van der Waals surface area contributed by atoms with Crippen LogP contribution >= 0.6 is 0 Å². The van der Waals surface area contributed by atoms with E-state index < -0.39 is 4.92 Å². The summed E-state index contributed by atoms with van der Waals surface area (Å²) >= 11 is 0. The predicted octanol–water partition coefficient (Wildman–Crippen LogP) is 2.56. The first kappa shape index (κ1) is 15.1. The molecular formula is C15H12N4O3. The number of carbonyl (C=O) groups is 1. The second-order valence-electron chi connectivity index (χ2n) is 4.58. The number of aryl methyl sites for hydroxylation is 1. The SMILES string of the molecule is CC(=O)/C(=C\c1ccc(C#N)cc1)n1c([N+](=O)[O-])cnc1C. The molecule has 110 valence electrons. The van der Waals surface area contributed by atoms with Gasteiger partial charge in [-0.1, -0.05) is 12.1 Å². The molecule has 7 nitrogen and oxygen atoms in total. The van der Waals surface area contributed by atoms with Gasteiger partial charge in [-0.3, -0.25) is 4.79 Å². The summed E-state index contributed by atoms with van der Waals surface area (Å²) in [5.41, 5.74) is 1.30. The quantitative estimate of drug-likeness (QED) is 0.490. The van der Waals surface area contributed by atoms with Gasteiger partial charge >= 0.3 is 5.82 Å². The Morgan fingerprint density at radius 3 is 2.55 bits per heavy atom. The molecule has 0 atom stereocenters. The highest BCUT2D eigenvalue weighted by Gasteiger charge is 2.24. The van der Waals surface area contributed by atoms with Crippen molar-refractivity contribution in [1.29, 1.82) is 5.26 Å². The van der Waals surface area contributed by atoms with Gasteiger partial charge in [-0.25, -0.2) is 4.98 Å². The first-order chi connectivity index (χ1) is 10.4. The van der Waals surface area contributed by atoms with Crippen LogP contribution in [0.5, 0.6) is 0 Å². The van der Waals surface area contributed by atoms with Gasteiger partial charge in [-0.2, -0.15) is 9.83 Å². The summed E-state index contributed by atoms with van der Waals surface area (Å²) in [7, 11) is 0. The fraction of sp³-hybridized carbons (Fsp3) is 0.133. The monoisotopic (exact) mass is 296 g/mol. The van der Waals surface area contributed by atoms with Gasteiger partial charge in [0, 0.05) is 13.8 Å². The standard InChI is InChI=1S/C15H12N4O3/c1-10(20)14(7-12-3-5-13(8-16)6-4-12)18-11(2)17-9-15(18)19(21)22/h3-7,9H,1-2H3/b14-7+. The third kappa shape index (κ3) is 2.91. The van der Waals surface area contributed by atoms with E-state index in [2.05, 4.69) is 4.98 Å². The zero-order valence-electron chi connectivity index (χ0n) is 12.0. The van der Waals surface area contributed by atoms with Crippen molar-refractivity contribution >= 4 is 23.4 Å². The van der Waals surface area contributed by atoms with Crippen LogP contribution in [-0.4, -0.2) is 20.3 Å². The minimum atomic E-state index is -0.588. The largest absolute Gasteiger partial charge is 0.358 e. The van der Waals surface area contributed by atoms with E-state index in [4.69, 9.17) is 5.26 Å². The Labute approximate surface area is 126 Å². The van der Waals surface area contributed by atoms with Gasteiger partial charge in [-0.15, -0.1) is 0 Å². The van der Waals surface area contributed by atoms with Crippen molar-refractivity contribution in [3.8, 4) is 6.07 Å². The molecule has 22 heavy (non-hydrogen) atoms. The summed E-state index contributed by atoms with van der Waals surface area (Å²) in [6, 6.07) is 8.55. The normalized spacial score (nSPS) is 11.0. The number of aromatic nitrogens is 2. The average Bonchev–Trinajstić information content (AvgIpc) is 2.87. The molecule has 0 saturated heterocycles. The number of hydrogen-bond donors (Lipinski definition) is 0. The van der Waals surface area contributed by atoms with Gasteiger partial charge in [0.1, 0.15) is 6.20 Å². The number of Topliss-reactive ketones (excluding diaryl/α,β-unsaturated/α-hetero) is 1.